The van der Waals surface area contributed by atoms with Crippen molar-refractivity contribution in [1.82, 2.24) is 0 Å². The molecular formula is C48H32Cl2N6O13S2. The molecule has 71 heavy (non-hydrogen) atoms. The fraction of sp³-hybridized carbons (Fsp3) is 0.125. The number of furan rings is 3. The number of amides is 2. The third-order valence-electron chi connectivity index (χ3n) is 12.8. The number of halogens is 2. The van der Waals surface area contributed by atoms with Crippen LogP contribution in [0.15, 0.2) is 132 Å². The van der Waals surface area contributed by atoms with Gasteiger partial charge in [-0.1, -0.05) is 12.1 Å². The maximum atomic E-state index is 14.2. The lowest BCUT2D eigenvalue weighted by Gasteiger charge is -2.16. The van der Waals surface area contributed by atoms with E-state index in [1.165, 1.54) is 34.1 Å². The molecule has 2 amide bonds. The van der Waals surface area contributed by atoms with E-state index in [0.29, 0.717) is 82.5 Å². The normalized spacial score (nSPS) is 15.6. The molecule has 5 heterocycles. The predicted octanol–water partition coefficient (Wildman–Crippen LogP) is 10.7. The smallest absolute Gasteiger partial charge is 0.294 e. The van der Waals surface area contributed by atoms with Crippen LogP contribution in [0.3, 0.4) is 0 Å². The molecule has 19 nitrogen and oxygen atoms in total. The standard InChI is InChI=1S/C48H32Cl2N6O13S2/c49-19-27-21-53(37-17-35(55(59)60)33-15-29(70-69-68-51)3-5-31(33)45(27)37)47(57)43-13-25-11-23(1-7-41(25)66-43)39-9-10-40(65-39)24-2-8-42-26(12-24)14-44(67-42)48(58)54-22-28(20-50)46-32-6-4-30(71(52,63)64)16-34(32)36(56(61)62)18-38(46)54/h1-18,27-28H,19-22,51H2,(H2,52,63,64). The number of nitrogens with zero attached hydrogens (tertiary/aromatic N) is 4. The van der Waals surface area contributed by atoms with Gasteiger partial charge < -0.3 is 23.1 Å². The second kappa shape index (κ2) is 17.5. The number of rotatable bonds is 12. The van der Waals surface area contributed by atoms with Crippen LogP contribution in [-0.4, -0.2) is 54.9 Å². The number of nitrogens with two attached hydrogens (primary N) is 2. The molecule has 3 aromatic heterocycles. The van der Waals surface area contributed by atoms with Crippen molar-refractivity contribution in [2.45, 2.75) is 21.6 Å². The number of alkyl halides is 2. The summed E-state index contributed by atoms with van der Waals surface area (Å²) in [7, 11) is -4.17. The van der Waals surface area contributed by atoms with Crippen LogP contribution in [0.4, 0.5) is 22.7 Å². The average Bonchev–Trinajstić information content (AvgIpc) is 4.22. The lowest BCUT2D eigenvalue weighted by atomic mass is 9.95. The van der Waals surface area contributed by atoms with E-state index in [0.717, 1.165) is 18.1 Å². The SMILES string of the molecule is NOOSc1ccc2c3c(cc([N+](=O)[O-])c2c1)N(C(=O)c1cc2cc(-c4ccc(-c5ccc6oc(C(=O)N7CC(CCl)c8c7cc([N+](=O)[O-])c7cc(S(N)(=O)=O)ccc87)cc6c5)o4)ccc2o1)CC3CCl. The molecule has 0 spiro atoms. The van der Waals surface area contributed by atoms with Gasteiger partial charge in [0.25, 0.3) is 23.2 Å². The number of nitro benzene ring substituents is 2. The molecule has 0 bridgehead atoms. The summed E-state index contributed by atoms with van der Waals surface area (Å²) < 4.78 is 47.4. The number of hydrogen-bond acceptors (Lipinski definition) is 15. The Hall–Kier alpha value is -7.34. The average molecular weight is 1040 g/mol. The Morgan fingerprint density at radius 2 is 1.15 bits per heavy atom. The van der Waals surface area contributed by atoms with E-state index in [-0.39, 0.29) is 63.9 Å². The first-order chi connectivity index (χ1) is 34.1. The fourth-order valence-electron chi connectivity index (χ4n) is 9.66. The third kappa shape index (κ3) is 7.82. The molecule has 9 aromatic rings. The van der Waals surface area contributed by atoms with Crippen molar-refractivity contribution < 1.29 is 50.4 Å². The minimum Gasteiger partial charge on any atom is -0.456 e. The van der Waals surface area contributed by atoms with Gasteiger partial charge in [-0.3, -0.25) is 29.8 Å². The molecule has 2 atom stereocenters. The number of fused-ring (bicyclic) bond motifs is 8. The van der Waals surface area contributed by atoms with Crippen molar-refractivity contribution in [3.63, 3.8) is 0 Å². The highest BCUT2D eigenvalue weighted by atomic mass is 35.5. The highest BCUT2D eigenvalue weighted by Crippen LogP contribution is 2.49. The van der Waals surface area contributed by atoms with Crippen molar-refractivity contribution in [2.75, 3.05) is 34.6 Å². The van der Waals surface area contributed by atoms with Crippen LogP contribution in [-0.2, 0) is 19.3 Å². The molecule has 0 radical (unpaired) electrons. The van der Waals surface area contributed by atoms with Crippen molar-refractivity contribution >= 4 is 123 Å². The summed E-state index contributed by atoms with van der Waals surface area (Å²) in [4.78, 5) is 59.1. The monoisotopic (exact) mass is 1030 g/mol. The van der Waals surface area contributed by atoms with Gasteiger partial charge in [0.15, 0.2) is 11.5 Å². The van der Waals surface area contributed by atoms with Gasteiger partial charge in [0.1, 0.15) is 22.7 Å². The Morgan fingerprint density at radius 1 is 0.662 bits per heavy atom. The first-order valence-corrected chi connectivity index (χ1v) is 24.7. The summed E-state index contributed by atoms with van der Waals surface area (Å²) in [5.41, 5.74) is 3.40. The van der Waals surface area contributed by atoms with Crippen LogP contribution in [0.25, 0.3) is 66.1 Å². The Kier molecular flexibility index (Phi) is 11.4. The summed E-state index contributed by atoms with van der Waals surface area (Å²) in [6.07, 6.45) is 0. The van der Waals surface area contributed by atoms with Crippen LogP contribution in [0, 0.1) is 20.2 Å². The van der Waals surface area contributed by atoms with E-state index < -0.39 is 43.3 Å². The second-order valence-electron chi connectivity index (χ2n) is 16.8. The van der Waals surface area contributed by atoms with Crippen LogP contribution < -0.4 is 20.8 Å². The molecule has 4 N–H and O–H groups in total. The van der Waals surface area contributed by atoms with E-state index in [1.54, 1.807) is 72.8 Å². The number of sulfonamides is 1. The quantitative estimate of drug-likeness (QED) is 0.0378. The number of primary sulfonamides is 1. The van der Waals surface area contributed by atoms with Crippen molar-refractivity contribution in [1.29, 1.82) is 0 Å². The number of benzene rings is 6. The minimum atomic E-state index is -4.17. The van der Waals surface area contributed by atoms with Crippen LogP contribution >= 0.6 is 35.2 Å². The summed E-state index contributed by atoms with van der Waals surface area (Å²) in [6.45, 7) is 0.248. The predicted molar refractivity (Wildman–Crippen MR) is 264 cm³/mol. The van der Waals surface area contributed by atoms with Gasteiger partial charge >= 0.3 is 0 Å². The molecule has 23 heteroatoms. The third-order valence-corrected chi connectivity index (χ3v) is 15.0. The molecule has 358 valence electrons. The van der Waals surface area contributed by atoms with Gasteiger partial charge in [0.2, 0.25) is 10.0 Å². The van der Waals surface area contributed by atoms with Crippen molar-refractivity contribution in [3.05, 3.63) is 152 Å². The topological polar surface area (TPSA) is 271 Å². The van der Waals surface area contributed by atoms with E-state index >= 15 is 0 Å². The van der Waals surface area contributed by atoms with Crippen LogP contribution in [0.5, 0.6) is 0 Å². The summed E-state index contributed by atoms with van der Waals surface area (Å²) in [6, 6.07) is 28.8. The summed E-state index contributed by atoms with van der Waals surface area (Å²) in [5.74, 6) is 4.33. The Labute approximate surface area is 413 Å². The number of hydrogen-bond donors (Lipinski definition) is 2. The highest BCUT2D eigenvalue weighted by Gasteiger charge is 2.39. The zero-order chi connectivity index (χ0) is 49.6. The van der Waals surface area contributed by atoms with Gasteiger partial charge in [0, 0.05) is 75.6 Å². The van der Waals surface area contributed by atoms with Crippen molar-refractivity contribution in [2.24, 2.45) is 11.0 Å². The maximum Gasteiger partial charge on any atom is 0.294 e. The number of nitro groups is 2. The number of carbonyl (C=O) groups excluding carboxylic acids is 2. The Balaban J connectivity index is 0.854. The number of carbonyl (C=O) groups is 2. The molecule has 11 rings (SSSR count). The molecule has 0 aliphatic carbocycles. The van der Waals surface area contributed by atoms with Crippen LogP contribution in [0.1, 0.15) is 44.1 Å². The molecule has 2 unspecified atom stereocenters. The Bertz CT molecular complexity index is 3890. The summed E-state index contributed by atoms with van der Waals surface area (Å²) >= 11 is 13.6. The molecule has 2 aliphatic heterocycles. The zero-order valence-corrected chi connectivity index (χ0v) is 39.3. The maximum absolute atomic E-state index is 14.2. The van der Waals surface area contributed by atoms with E-state index in [4.69, 9.17) is 51.8 Å². The number of anilines is 2. The van der Waals surface area contributed by atoms with Gasteiger partial charge in [-0.25, -0.2) is 13.6 Å². The van der Waals surface area contributed by atoms with Gasteiger partial charge in [0.05, 0.1) is 48.9 Å². The molecule has 0 saturated carbocycles. The molecule has 0 saturated heterocycles. The fourth-order valence-corrected chi connectivity index (χ4v) is 11.1. The lowest BCUT2D eigenvalue weighted by molar-refractivity contribution is -0.383. The minimum absolute atomic E-state index is 0.0155. The highest BCUT2D eigenvalue weighted by molar-refractivity contribution is 7.94. The largest absolute Gasteiger partial charge is 0.456 e. The lowest BCUT2D eigenvalue weighted by Crippen LogP contribution is -2.29. The second-order valence-corrected chi connectivity index (χ2v) is 19.8. The molecule has 0 fully saturated rings. The first-order valence-electron chi connectivity index (χ1n) is 21.3. The van der Waals surface area contributed by atoms with E-state index in [9.17, 15) is 38.2 Å². The van der Waals surface area contributed by atoms with Gasteiger partial charge in [-0.05, 0) is 107 Å². The van der Waals surface area contributed by atoms with Gasteiger partial charge in [-0.15, -0.1) is 32.5 Å². The molecular weight excluding hydrogens is 1000 g/mol. The zero-order valence-electron chi connectivity index (χ0n) is 36.2. The van der Waals surface area contributed by atoms with E-state index in [1.807, 2.05) is 6.07 Å². The molecule has 6 aromatic carbocycles. The summed E-state index contributed by atoms with van der Waals surface area (Å²) in [5, 5.41) is 32.5. The van der Waals surface area contributed by atoms with Crippen LogP contribution in [0.2, 0.25) is 0 Å². The van der Waals surface area contributed by atoms with Crippen molar-refractivity contribution in [3.8, 4) is 22.6 Å². The first kappa shape index (κ1) is 46.1. The Morgan fingerprint density at radius 3 is 1.62 bits per heavy atom. The number of non-ortho nitro benzene ring substituents is 2. The van der Waals surface area contributed by atoms with E-state index in [2.05, 4.69) is 4.99 Å². The molecule has 2 aliphatic rings. The van der Waals surface area contributed by atoms with Gasteiger partial charge in [-0.2, -0.15) is 5.90 Å².